The van der Waals surface area contributed by atoms with Crippen molar-refractivity contribution in [3.8, 4) is 11.5 Å². The highest BCUT2D eigenvalue weighted by Crippen LogP contribution is 2.36. The summed E-state index contributed by atoms with van der Waals surface area (Å²) >= 11 is 12.4. The van der Waals surface area contributed by atoms with Gasteiger partial charge in [0.25, 0.3) is 5.22 Å². The highest BCUT2D eigenvalue weighted by atomic mass is 35.5. The standard InChI is InChI=1S/C18H12Cl2F3N3O2S/c1-9(15(27)24-12-6-7-14(20)13(8-12)18(21,22)23)29-17-26-25-16(28-17)10-2-4-11(19)5-3-10/h2-9H,1H3,(H,24,27). The first kappa shape index (κ1) is 21.5. The maximum Gasteiger partial charge on any atom is 0.417 e. The van der Waals surface area contributed by atoms with Gasteiger partial charge in [0.15, 0.2) is 0 Å². The van der Waals surface area contributed by atoms with E-state index in [9.17, 15) is 18.0 Å². The number of nitrogens with one attached hydrogen (secondary N) is 1. The molecule has 5 nitrogen and oxygen atoms in total. The van der Waals surface area contributed by atoms with E-state index in [1.165, 1.54) is 6.07 Å². The van der Waals surface area contributed by atoms with Crippen molar-refractivity contribution in [2.75, 3.05) is 5.32 Å². The van der Waals surface area contributed by atoms with Gasteiger partial charge in [-0.3, -0.25) is 4.79 Å². The fourth-order valence-electron chi connectivity index (χ4n) is 2.24. The third-order valence-electron chi connectivity index (χ3n) is 3.68. The molecule has 0 aliphatic rings. The molecule has 152 valence electrons. The number of aromatic nitrogens is 2. The summed E-state index contributed by atoms with van der Waals surface area (Å²) in [6, 6.07) is 9.91. The number of halogens is 5. The van der Waals surface area contributed by atoms with Crippen LogP contribution in [0.1, 0.15) is 12.5 Å². The maximum atomic E-state index is 12.9. The Morgan fingerprint density at radius 1 is 1.14 bits per heavy atom. The number of hydrogen-bond donors (Lipinski definition) is 1. The van der Waals surface area contributed by atoms with Crippen molar-refractivity contribution >= 4 is 46.6 Å². The number of carbonyl (C=O) groups is 1. The molecule has 0 aliphatic carbocycles. The second kappa shape index (κ2) is 8.64. The second-order valence-electron chi connectivity index (χ2n) is 5.82. The summed E-state index contributed by atoms with van der Waals surface area (Å²) < 4.78 is 44.3. The van der Waals surface area contributed by atoms with Crippen molar-refractivity contribution in [3.05, 3.63) is 58.1 Å². The molecule has 29 heavy (non-hydrogen) atoms. The third-order valence-corrected chi connectivity index (χ3v) is 5.20. The van der Waals surface area contributed by atoms with Crippen LogP contribution in [-0.4, -0.2) is 21.4 Å². The van der Waals surface area contributed by atoms with Crippen LogP contribution in [0.25, 0.3) is 11.5 Å². The first-order valence-electron chi connectivity index (χ1n) is 8.07. The van der Waals surface area contributed by atoms with Gasteiger partial charge in [0.1, 0.15) is 0 Å². The van der Waals surface area contributed by atoms with Crippen LogP contribution in [0, 0.1) is 0 Å². The minimum Gasteiger partial charge on any atom is -0.411 e. The van der Waals surface area contributed by atoms with Gasteiger partial charge >= 0.3 is 6.18 Å². The van der Waals surface area contributed by atoms with Crippen LogP contribution in [0.15, 0.2) is 52.1 Å². The quantitative estimate of drug-likeness (QED) is 0.459. The number of carbonyl (C=O) groups excluding carboxylic acids is 1. The highest BCUT2D eigenvalue weighted by Gasteiger charge is 2.33. The Bertz CT molecular complexity index is 1030. The van der Waals surface area contributed by atoms with E-state index in [2.05, 4.69) is 15.5 Å². The van der Waals surface area contributed by atoms with E-state index < -0.39 is 27.9 Å². The summed E-state index contributed by atoms with van der Waals surface area (Å²) in [5, 5.41) is 9.75. The zero-order valence-corrected chi connectivity index (χ0v) is 17.0. The molecule has 1 N–H and O–H groups in total. The Hall–Kier alpha value is -2.23. The Balaban J connectivity index is 1.66. The van der Waals surface area contributed by atoms with E-state index in [0.29, 0.717) is 10.6 Å². The van der Waals surface area contributed by atoms with Gasteiger partial charge in [-0.15, -0.1) is 10.2 Å². The van der Waals surface area contributed by atoms with Crippen molar-refractivity contribution in [1.82, 2.24) is 10.2 Å². The minimum atomic E-state index is -4.62. The van der Waals surface area contributed by atoms with Crippen LogP contribution >= 0.6 is 35.0 Å². The zero-order chi connectivity index (χ0) is 21.2. The predicted molar refractivity (Wildman–Crippen MR) is 105 cm³/mol. The van der Waals surface area contributed by atoms with Gasteiger partial charge in [0.05, 0.1) is 15.8 Å². The van der Waals surface area contributed by atoms with Crippen LogP contribution < -0.4 is 5.32 Å². The molecule has 11 heteroatoms. The lowest BCUT2D eigenvalue weighted by molar-refractivity contribution is -0.137. The van der Waals surface area contributed by atoms with E-state index in [1.54, 1.807) is 31.2 Å². The molecule has 1 unspecified atom stereocenters. The lowest BCUT2D eigenvalue weighted by atomic mass is 10.2. The number of anilines is 1. The molecule has 1 aromatic heterocycles. The van der Waals surface area contributed by atoms with Crippen molar-refractivity contribution in [2.24, 2.45) is 0 Å². The van der Waals surface area contributed by atoms with Crippen LogP contribution in [0.4, 0.5) is 18.9 Å². The molecular formula is C18H12Cl2F3N3O2S. The van der Waals surface area contributed by atoms with E-state index >= 15 is 0 Å². The lowest BCUT2D eigenvalue weighted by Crippen LogP contribution is -2.22. The molecule has 0 saturated carbocycles. The number of nitrogens with zero attached hydrogens (tertiary/aromatic N) is 2. The maximum absolute atomic E-state index is 12.9. The molecule has 0 spiro atoms. The molecule has 0 radical (unpaired) electrons. The Kier molecular flexibility index (Phi) is 6.40. The molecule has 2 aromatic carbocycles. The molecule has 0 aliphatic heterocycles. The summed E-state index contributed by atoms with van der Waals surface area (Å²) in [4.78, 5) is 12.3. The van der Waals surface area contributed by atoms with E-state index in [0.717, 1.165) is 23.9 Å². The van der Waals surface area contributed by atoms with Crippen molar-refractivity contribution in [2.45, 2.75) is 23.6 Å². The van der Waals surface area contributed by atoms with Gasteiger partial charge in [0, 0.05) is 16.3 Å². The first-order chi connectivity index (χ1) is 13.6. The summed E-state index contributed by atoms with van der Waals surface area (Å²) in [6.45, 7) is 1.56. The summed E-state index contributed by atoms with van der Waals surface area (Å²) in [5.74, 6) is -0.277. The fraction of sp³-hybridized carbons (Fsp3) is 0.167. The number of thioether (sulfide) groups is 1. The normalized spacial score (nSPS) is 12.6. The monoisotopic (exact) mass is 461 g/mol. The summed E-state index contributed by atoms with van der Waals surface area (Å²) in [7, 11) is 0. The largest absolute Gasteiger partial charge is 0.417 e. The number of benzene rings is 2. The molecule has 3 rings (SSSR count). The second-order valence-corrected chi connectivity index (χ2v) is 7.96. The average Bonchev–Trinajstić information content (AvgIpc) is 3.11. The molecule has 0 fully saturated rings. The molecule has 1 heterocycles. The van der Waals surface area contributed by atoms with Crippen molar-refractivity contribution in [3.63, 3.8) is 0 Å². The number of alkyl halides is 3. The van der Waals surface area contributed by atoms with E-state index in [1.807, 2.05) is 0 Å². The van der Waals surface area contributed by atoms with Gasteiger partial charge in [-0.1, -0.05) is 35.0 Å². The Labute approximate surface area is 177 Å². The summed E-state index contributed by atoms with van der Waals surface area (Å²) in [5.41, 5.74) is -0.389. The van der Waals surface area contributed by atoms with Crippen LogP contribution in [0.5, 0.6) is 0 Å². The van der Waals surface area contributed by atoms with Gasteiger partial charge in [0.2, 0.25) is 11.8 Å². The zero-order valence-electron chi connectivity index (χ0n) is 14.6. The molecule has 0 saturated heterocycles. The third kappa shape index (κ3) is 5.43. The topological polar surface area (TPSA) is 68.0 Å². The lowest BCUT2D eigenvalue weighted by Gasteiger charge is -2.13. The fourth-order valence-corrected chi connectivity index (χ4v) is 3.27. The van der Waals surface area contributed by atoms with Crippen molar-refractivity contribution in [1.29, 1.82) is 0 Å². The molecule has 1 atom stereocenters. The number of amides is 1. The van der Waals surface area contributed by atoms with Gasteiger partial charge < -0.3 is 9.73 Å². The van der Waals surface area contributed by atoms with Crippen molar-refractivity contribution < 1.29 is 22.4 Å². The smallest absolute Gasteiger partial charge is 0.411 e. The van der Waals surface area contributed by atoms with Crippen LogP contribution in [0.3, 0.4) is 0 Å². The van der Waals surface area contributed by atoms with Crippen LogP contribution in [-0.2, 0) is 11.0 Å². The number of rotatable bonds is 5. The summed E-state index contributed by atoms with van der Waals surface area (Å²) in [6.07, 6.45) is -4.62. The highest BCUT2D eigenvalue weighted by molar-refractivity contribution is 8.00. The molecule has 0 bridgehead atoms. The molecular weight excluding hydrogens is 450 g/mol. The van der Waals surface area contributed by atoms with Gasteiger partial charge in [-0.2, -0.15) is 13.2 Å². The predicted octanol–water partition coefficient (Wildman–Crippen LogP) is 6.18. The Morgan fingerprint density at radius 3 is 2.48 bits per heavy atom. The SMILES string of the molecule is CC(Sc1nnc(-c2ccc(Cl)cc2)o1)C(=O)Nc1ccc(Cl)c(C(F)(F)F)c1. The average molecular weight is 462 g/mol. The molecule has 3 aromatic rings. The van der Waals surface area contributed by atoms with Gasteiger partial charge in [-0.05, 0) is 49.4 Å². The number of hydrogen-bond acceptors (Lipinski definition) is 5. The molecule has 1 amide bonds. The van der Waals surface area contributed by atoms with Crippen LogP contribution in [0.2, 0.25) is 10.0 Å². The first-order valence-corrected chi connectivity index (χ1v) is 9.71. The van der Waals surface area contributed by atoms with Gasteiger partial charge in [-0.25, -0.2) is 0 Å². The Morgan fingerprint density at radius 2 is 1.83 bits per heavy atom. The van der Waals surface area contributed by atoms with E-state index in [4.69, 9.17) is 27.6 Å². The minimum absolute atomic E-state index is 0.0217. The van der Waals surface area contributed by atoms with E-state index in [-0.39, 0.29) is 16.8 Å².